The minimum atomic E-state index is -2.96. The summed E-state index contributed by atoms with van der Waals surface area (Å²) in [6.07, 6.45) is 5.80. The highest BCUT2D eigenvalue weighted by molar-refractivity contribution is 7.91. The summed E-state index contributed by atoms with van der Waals surface area (Å²) in [6.45, 7) is 24.3. The fraction of sp³-hybridized carbons (Fsp3) is 0.531. The summed E-state index contributed by atoms with van der Waals surface area (Å²) < 4.78 is 29.8. The van der Waals surface area contributed by atoms with Gasteiger partial charge in [0.25, 0.3) is 5.91 Å². The molecule has 4 heterocycles. The third kappa shape index (κ3) is 9.77. The molecule has 3 atom stereocenters. The van der Waals surface area contributed by atoms with E-state index in [1.807, 2.05) is 55.5 Å². The number of benzene rings is 3. The van der Waals surface area contributed by atoms with Crippen LogP contribution in [0.4, 0.5) is 22.7 Å². The van der Waals surface area contributed by atoms with Crippen LogP contribution in [0.5, 0.6) is 5.75 Å². The largest absolute Gasteiger partial charge is 0.481 e. The molecule has 332 valence electrons. The van der Waals surface area contributed by atoms with Crippen LogP contribution in [0.3, 0.4) is 0 Å². The van der Waals surface area contributed by atoms with Crippen molar-refractivity contribution in [1.29, 1.82) is 0 Å². The number of carbonyl (C=O) groups is 1. The van der Waals surface area contributed by atoms with Gasteiger partial charge in [-0.05, 0) is 124 Å². The zero-order valence-corrected chi connectivity index (χ0v) is 39.3. The molecule has 12 nitrogen and oxygen atoms in total. The van der Waals surface area contributed by atoms with E-state index in [-0.39, 0.29) is 28.4 Å². The zero-order valence-electron chi connectivity index (χ0n) is 38.5. The van der Waals surface area contributed by atoms with Crippen LogP contribution in [-0.2, 0) is 14.6 Å². The van der Waals surface area contributed by atoms with Gasteiger partial charge in [-0.25, -0.2) is 18.4 Å². The Hall–Kier alpha value is -5.04. The zero-order chi connectivity index (χ0) is 44.6. The van der Waals surface area contributed by atoms with E-state index in [0.29, 0.717) is 54.4 Å². The van der Waals surface area contributed by atoms with Crippen LogP contribution in [0.15, 0.2) is 70.8 Å². The molecular weight excluding hydrogens is 797 g/mol. The van der Waals surface area contributed by atoms with Crippen molar-refractivity contribution in [3.63, 3.8) is 0 Å². The first-order valence-corrected chi connectivity index (χ1v) is 24.4. The average molecular weight is 863 g/mol. The molecule has 0 spiro atoms. The van der Waals surface area contributed by atoms with Gasteiger partial charge in [0.2, 0.25) is 5.82 Å². The maximum atomic E-state index is 13.4. The lowest BCUT2D eigenvalue weighted by Gasteiger charge is -2.49. The first-order chi connectivity index (χ1) is 29.4. The van der Waals surface area contributed by atoms with E-state index in [1.54, 1.807) is 4.79 Å². The van der Waals surface area contributed by atoms with Gasteiger partial charge in [0.1, 0.15) is 11.5 Å². The number of aliphatic imine (C=N–C) groups is 1. The molecule has 1 saturated heterocycles. The number of hydrogen-bond donors (Lipinski definition) is 1. The lowest BCUT2D eigenvalue weighted by molar-refractivity contribution is -0.122. The molecule has 3 aliphatic rings. The van der Waals surface area contributed by atoms with Crippen molar-refractivity contribution in [3.05, 3.63) is 77.6 Å². The Morgan fingerprint density at radius 1 is 1.00 bits per heavy atom. The third-order valence-electron chi connectivity index (χ3n) is 12.8. The average Bonchev–Trinajstić information content (AvgIpc) is 3.80. The van der Waals surface area contributed by atoms with Gasteiger partial charge in [-0.2, -0.15) is 5.10 Å². The molecular formula is C49H66N8O4S. The maximum Gasteiger partial charge on any atom is 0.265 e. The number of sulfone groups is 1. The molecule has 62 heavy (non-hydrogen) atoms. The topological polar surface area (TPSA) is 134 Å². The van der Waals surface area contributed by atoms with E-state index in [0.717, 1.165) is 46.9 Å². The van der Waals surface area contributed by atoms with Crippen molar-refractivity contribution < 1.29 is 17.9 Å². The lowest BCUT2D eigenvalue weighted by atomic mass is 9.78. The van der Waals surface area contributed by atoms with Gasteiger partial charge in [0.05, 0.1) is 22.9 Å². The van der Waals surface area contributed by atoms with Gasteiger partial charge in [-0.15, -0.1) is 9.89 Å². The number of carbonyl (C=O) groups excluding carboxylic acids is 1. The van der Waals surface area contributed by atoms with E-state index in [1.165, 1.54) is 36.9 Å². The monoisotopic (exact) mass is 862 g/mol. The number of ether oxygens (including phenoxy) is 1. The van der Waals surface area contributed by atoms with E-state index in [4.69, 9.17) is 24.9 Å². The minimum absolute atomic E-state index is 0.0617. The highest BCUT2D eigenvalue weighted by atomic mass is 32.2. The molecule has 0 aliphatic carbocycles. The van der Waals surface area contributed by atoms with Crippen LogP contribution in [0.25, 0.3) is 11.4 Å². The Kier molecular flexibility index (Phi) is 13.0. The normalized spacial score (nSPS) is 19.7. The Morgan fingerprint density at radius 2 is 1.69 bits per heavy atom. The standard InChI is InChI=1S/C49H66N8O4S/c1-11-14-15-34(12-2)31-56-41-28-32(4)40(29-39(41)33(5)30-49(56,9)10)51-43-44(48(6,7)8)53-57-46(43)52-45(54-57)35-16-18-36(19-17-35)50-47(58)42(13-3)61-38-22-20-37(21-23-38)55-24-26-62(59,60)27-25-55/h16-23,28-29,33-34,42H,11-15,24-27,30-31H2,1-10H3,(H,50,58). The van der Waals surface area contributed by atoms with Gasteiger partial charge in [0.15, 0.2) is 21.8 Å². The van der Waals surface area contributed by atoms with E-state index >= 15 is 0 Å². The summed E-state index contributed by atoms with van der Waals surface area (Å²) in [4.78, 5) is 30.1. The fourth-order valence-electron chi connectivity index (χ4n) is 9.00. The number of aryl methyl sites for hydroxylation is 1. The number of rotatable bonds is 14. The molecule has 0 saturated carbocycles. The van der Waals surface area contributed by atoms with Crippen LogP contribution >= 0.6 is 0 Å². The molecule has 13 heteroatoms. The first-order valence-electron chi connectivity index (χ1n) is 22.6. The number of hydrogen-bond acceptors (Lipinski definition) is 10. The Bertz CT molecular complexity index is 2420. The number of nitrogens with one attached hydrogen (secondary N) is 1. The molecule has 0 radical (unpaired) electrons. The predicted molar refractivity (Wildman–Crippen MR) is 254 cm³/mol. The van der Waals surface area contributed by atoms with Crippen LogP contribution in [0.1, 0.15) is 124 Å². The Labute approximate surface area is 369 Å². The highest BCUT2D eigenvalue weighted by Crippen LogP contribution is 2.46. The summed E-state index contributed by atoms with van der Waals surface area (Å²) in [5, 5.41) is 12.8. The van der Waals surface area contributed by atoms with E-state index in [9.17, 15) is 13.2 Å². The number of unbranched alkanes of at least 4 members (excludes halogenated alkanes) is 1. The summed E-state index contributed by atoms with van der Waals surface area (Å²) in [5.41, 5.74) is 8.43. The van der Waals surface area contributed by atoms with Gasteiger partial charge in [-0.3, -0.25) is 4.79 Å². The van der Waals surface area contributed by atoms with Gasteiger partial charge in [-0.1, -0.05) is 67.7 Å². The second kappa shape index (κ2) is 18.0. The quantitative estimate of drug-likeness (QED) is 0.132. The van der Waals surface area contributed by atoms with Gasteiger partial charge >= 0.3 is 0 Å². The Balaban J connectivity index is 1.08. The van der Waals surface area contributed by atoms with Crippen LogP contribution in [0, 0.1) is 18.3 Å². The number of aromatic nitrogens is 3. The summed E-state index contributed by atoms with van der Waals surface area (Å²) in [5.74, 6) is 2.81. The van der Waals surface area contributed by atoms with Crippen molar-refractivity contribution >= 4 is 49.9 Å². The van der Waals surface area contributed by atoms with Gasteiger partial charge < -0.3 is 19.9 Å². The van der Waals surface area contributed by atoms with Gasteiger partial charge in [0, 0.05) is 53.2 Å². The molecule has 1 fully saturated rings. The highest BCUT2D eigenvalue weighted by Gasteiger charge is 2.39. The molecule has 0 bridgehead atoms. The fourth-order valence-corrected chi connectivity index (χ4v) is 10.2. The van der Waals surface area contributed by atoms with Crippen LogP contribution in [0.2, 0.25) is 0 Å². The SMILES string of the molecule is CCCCC(CC)CN1c2cc(C)c(N=C3C(C(C)(C)C)=Nn4nc(-c5ccc(NC(=O)C(CC)Oc6ccc(N7CCS(=O)(=O)CC7)cc6)cc5)nc43)cc2C(C)CC1(C)C. The van der Waals surface area contributed by atoms with Crippen molar-refractivity contribution in [2.24, 2.45) is 21.4 Å². The number of amides is 1. The summed E-state index contributed by atoms with van der Waals surface area (Å²) >= 11 is 0. The summed E-state index contributed by atoms with van der Waals surface area (Å²) in [7, 11) is -2.96. The van der Waals surface area contributed by atoms with Crippen molar-refractivity contribution in [2.45, 2.75) is 125 Å². The number of fused-ring (bicyclic) bond motifs is 2. The van der Waals surface area contributed by atoms with E-state index < -0.39 is 15.9 Å². The number of nitrogens with zero attached hydrogens (tertiary/aromatic N) is 7. The molecule has 7 rings (SSSR count). The Morgan fingerprint density at radius 3 is 2.32 bits per heavy atom. The molecule has 3 aromatic carbocycles. The van der Waals surface area contributed by atoms with Crippen molar-refractivity contribution in [2.75, 3.05) is 46.3 Å². The lowest BCUT2D eigenvalue weighted by Crippen LogP contribution is -2.50. The first kappa shape index (κ1) is 45.0. The van der Waals surface area contributed by atoms with Crippen molar-refractivity contribution in [3.8, 4) is 17.1 Å². The number of anilines is 3. The third-order valence-corrected chi connectivity index (χ3v) is 14.4. The minimum Gasteiger partial charge on any atom is -0.481 e. The molecule has 1 aromatic heterocycles. The molecule has 1 N–H and O–H groups in total. The van der Waals surface area contributed by atoms with Crippen LogP contribution in [-0.4, -0.2) is 83.4 Å². The molecule has 4 aromatic rings. The maximum absolute atomic E-state index is 13.4. The van der Waals surface area contributed by atoms with E-state index in [2.05, 4.69) is 89.6 Å². The second-order valence-corrected chi connectivity index (χ2v) is 21.5. The molecule has 3 unspecified atom stereocenters. The van der Waals surface area contributed by atoms with Crippen molar-refractivity contribution in [1.82, 2.24) is 14.9 Å². The summed E-state index contributed by atoms with van der Waals surface area (Å²) in [6, 6.07) is 19.6. The second-order valence-electron chi connectivity index (χ2n) is 19.2. The molecule has 1 amide bonds. The molecule has 3 aliphatic heterocycles. The predicted octanol–water partition coefficient (Wildman–Crippen LogP) is 9.98. The van der Waals surface area contributed by atoms with Crippen LogP contribution < -0.4 is 19.9 Å². The smallest absolute Gasteiger partial charge is 0.265 e.